The van der Waals surface area contributed by atoms with Crippen molar-refractivity contribution < 1.29 is 9.84 Å². The van der Waals surface area contributed by atoms with E-state index in [1.807, 2.05) is 10.9 Å². The summed E-state index contributed by atoms with van der Waals surface area (Å²) >= 11 is 0. The highest BCUT2D eigenvalue weighted by Crippen LogP contribution is 2.18. The number of nitrogens with one attached hydrogen (secondary N) is 1. The van der Waals surface area contributed by atoms with Gasteiger partial charge in [0.05, 0.1) is 18.9 Å². The Morgan fingerprint density at radius 1 is 1.35 bits per heavy atom. The normalized spacial score (nSPS) is 20.1. The monoisotopic (exact) mass is 324 g/mol. The second-order valence-electron chi connectivity index (χ2n) is 6.92. The highest BCUT2D eigenvalue weighted by Gasteiger charge is 2.22. The van der Waals surface area contributed by atoms with Crippen molar-refractivity contribution in [2.24, 2.45) is 0 Å². The number of aromatic nitrogens is 2. The Morgan fingerprint density at radius 3 is 2.61 bits per heavy atom. The average molecular weight is 324 g/mol. The van der Waals surface area contributed by atoms with Gasteiger partial charge in [0.1, 0.15) is 0 Å². The molecule has 0 spiro atoms. The van der Waals surface area contributed by atoms with Crippen molar-refractivity contribution in [1.29, 1.82) is 0 Å². The number of hydrogen-bond acceptors (Lipinski definition) is 5. The Hall–Kier alpha value is -0.950. The minimum Gasteiger partial charge on any atom is -0.389 e. The second-order valence-corrected chi connectivity index (χ2v) is 6.92. The number of piperidine rings is 1. The molecule has 1 aromatic heterocycles. The molecule has 6 nitrogen and oxygen atoms in total. The van der Waals surface area contributed by atoms with Gasteiger partial charge in [-0.2, -0.15) is 5.10 Å². The number of aliphatic hydroxyl groups excluding tert-OH is 1. The van der Waals surface area contributed by atoms with Crippen LogP contribution >= 0.6 is 0 Å². The van der Waals surface area contributed by atoms with Gasteiger partial charge in [-0.05, 0) is 46.7 Å². The summed E-state index contributed by atoms with van der Waals surface area (Å²) in [4.78, 5) is 2.32. The lowest BCUT2D eigenvalue weighted by Gasteiger charge is -2.34. The van der Waals surface area contributed by atoms with Gasteiger partial charge in [0.25, 0.3) is 0 Å². The highest BCUT2D eigenvalue weighted by atomic mass is 16.5. The predicted octanol–water partition coefficient (Wildman–Crippen LogP) is 1.59. The van der Waals surface area contributed by atoms with E-state index in [1.54, 1.807) is 7.11 Å². The number of ether oxygens (including phenoxy) is 1. The molecule has 23 heavy (non-hydrogen) atoms. The van der Waals surface area contributed by atoms with Gasteiger partial charge < -0.3 is 20.1 Å². The summed E-state index contributed by atoms with van der Waals surface area (Å²) in [5, 5.41) is 18.0. The van der Waals surface area contributed by atoms with Gasteiger partial charge in [0.15, 0.2) is 0 Å². The summed E-state index contributed by atoms with van der Waals surface area (Å²) in [7, 11) is 1.63. The molecular weight excluding hydrogens is 292 g/mol. The quantitative estimate of drug-likeness (QED) is 0.760. The molecule has 1 saturated heterocycles. The van der Waals surface area contributed by atoms with Crippen LogP contribution in [0.4, 0.5) is 0 Å². The molecule has 2 rings (SSSR count). The smallest absolute Gasteiger partial charge is 0.0900 e. The third kappa shape index (κ3) is 5.57. The van der Waals surface area contributed by atoms with Gasteiger partial charge in [-0.15, -0.1) is 0 Å². The van der Waals surface area contributed by atoms with Gasteiger partial charge in [-0.3, -0.25) is 4.68 Å². The lowest BCUT2D eigenvalue weighted by atomic mass is 10.0. The summed E-state index contributed by atoms with van der Waals surface area (Å²) in [5.74, 6) is 0. The van der Waals surface area contributed by atoms with Crippen molar-refractivity contribution in [1.82, 2.24) is 20.0 Å². The van der Waals surface area contributed by atoms with Crippen molar-refractivity contribution in [2.45, 2.75) is 57.8 Å². The van der Waals surface area contributed by atoms with Gasteiger partial charge in [0.2, 0.25) is 0 Å². The molecule has 6 heteroatoms. The third-order valence-electron chi connectivity index (χ3n) is 4.55. The molecule has 0 radical (unpaired) electrons. The van der Waals surface area contributed by atoms with Gasteiger partial charge in [-0.25, -0.2) is 0 Å². The van der Waals surface area contributed by atoms with Crippen LogP contribution in [0.2, 0.25) is 0 Å². The van der Waals surface area contributed by atoms with Crippen LogP contribution in [0.15, 0.2) is 12.4 Å². The van der Waals surface area contributed by atoms with Crippen LogP contribution in [-0.4, -0.2) is 65.3 Å². The number of rotatable bonds is 8. The summed E-state index contributed by atoms with van der Waals surface area (Å²) in [6, 6.07) is 1.25. The van der Waals surface area contributed by atoms with E-state index in [4.69, 9.17) is 4.74 Å². The van der Waals surface area contributed by atoms with E-state index in [9.17, 15) is 5.11 Å². The van der Waals surface area contributed by atoms with Gasteiger partial charge in [0, 0.05) is 43.5 Å². The fourth-order valence-corrected chi connectivity index (χ4v) is 3.13. The van der Waals surface area contributed by atoms with E-state index in [0.29, 0.717) is 31.3 Å². The minimum atomic E-state index is -0.384. The van der Waals surface area contributed by atoms with E-state index in [1.165, 1.54) is 5.56 Å². The van der Waals surface area contributed by atoms with E-state index in [2.05, 4.69) is 42.3 Å². The van der Waals surface area contributed by atoms with Crippen LogP contribution in [-0.2, 0) is 4.74 Å². The van der Waals surface area contributed by atoms with E-state index in [0.717, 1.165) is 25.9 Å². The van der Waals surface area contributed by atoms with Crippen LogP contribution in [0.3, 0.4) is 0 Å². The summed E-state index contributed by atoms with van der Waals surface area (Å²) in [5.41, 5.74) is 1.25. The first-order valence-corrected chi connectivity index (χ1v) is 8.69. The molecule has 132 valence electrons. The Balaban J connectivity index is 1.75. The predicted molar refractivity (Wildman–Crippen MR) is 91.5 cm³/mol. The van der Waals surface area contributed by atoms with Crippen molar-refractivity contribution in [3.63, 3.8) is 0 Å². The first kappa shape index (κ1) is 18.4. The van der Waals surface area contributed by atoms with E-state index >= 15 is 0 Å². The Bertz CT molecular complexity index is 455. The zero-order valence-electron chi connectivity index (χ0n) is 14.9. The van der Waals surface area contributed by atoms with Gasteiger partial charge >= 0.3 is 0 Å². The first-order valence-electron chi connectivity index (χ1n) is 8.69. The molecule has 1 aliphatic heterocycles. The molecule has 0 aliphatic carbocycles. The molecule has 0 amide bonds. The van der Waals surface area contributed by atoms with Crippen LogP contribution in [0.25, 0.3) is 0 Å². The number of aliphatic hydroxyl groups is 1. The highest BCUT2D eigenvalue weighted by molar-refractivity contribution is 5.10. The maximum atomic E-state index is 9.82. The minimum absolute atomic E-state index is 0.318. The average Bonchev–Trinajstić information content (AvgIpc) is 3.00. The Labute approximate surface area is 139 Å². The number of β-amino-alcohol motifs (C(OH)–C–C–N with tert-alkyl or cyclic N) is 1. The molecule has 1 fully saturated rings. The summed E-state index contributed by atoms with van der Waals surface area (Å²) in [6.45, 7) is 9.65. The number of methoxy groups -OCH3 is 1. The van der Waals surface area contributed by atoms with Crippen LogP contribution < -0.4 is 5.32 Å². The lowest BCUT2D eigenvalue weighted by molar-refractivity contribution is 0.0308. The second kappa shape index (κ2) is 8.78. The molecule has 0 aromatic carbocycles. The molecule has 0 saturated carbocycles. The zero-order chi connectivity index (χ0) is 16.8. The van der Waals surface area contributed by atoms with Crippen molar-refractivity contribution in [3.05, 3.63) is 18.0 Å². The maximum absolute atomic E-state index is 9.82. The zero-order valence-corrected chi connectivity index (χ0v) is 14.9. The largest absolute Gasteiger partial charge is 0.389 e. The van der Waals surface area contributed by atoms with Gasteiger partial charge in [-0.1, -0.05) is 0 Å². The van der Waals surface area contributed by atoms with Crippen LogP contribution in [0.1, 0.15) is 51.3 Å². The van der Waals surface area contributed by atoms with Crippen molar-refractivity contribution in [3.8, 4) is 0 Å². The lowest BCUT2D eigenvalue weighted by Crippen LogP contribution is -2.46. The van der Waals surface area contributed by atoms with Crippen molar-refractivity contribution in [2.75, 3.05) is 33.4 Å². The molecular formula is C17H32N4O2. The number of likely N-dealkylation sites (tertiary alicyclic amines) is 1. The molecule has 2 heterocycles. The van der Waals surface area contributed by atoms with E-state index in [-0.39, 0.29) is 6.10 Å². The molecule has 2 N–H and O–H groups in total. The van der Waals surface area contributed by atoms with Crippen LogP contribution in [0, 0.1) is 0 Å². The third-order valence-corrected chi connectivity index (χ3v) is 4.55. The standard InChI is InChI=1S/C17H32N4O2/c1-13(2)21-10-15(9-18-21)14(3)19-16-5-7-20(8-6-16)11-17(22)12-23-4/h9-10,13-14,16-17,19,22H,5-8,11-12H2,1-4H3. The number of hydrogen-bond donors (Lipinski definition) is 2. The van der Waals surface area contributed by atoms with Crippen molar-refractivity contribution >= 4 is 0 Å². The SMILES string of the molecule is COCC(O)CN1CCC(NC(C)c2cnn(C(C)C)c2)CC1. The summed E-state index contributed by atoms with van der Waals surface area (Å²) in [6.07, 6.45) is 5.95. The Kier molecular flexibility index (Phi) is 7.02. The fraction of sp³-hybridized carbons (Fsp3) is 0.824. The molecule has 0 bridgehead atoms. The number of nitrogens with zero attached hydrogens (tertiary/aromatic N) is 3. The molecule has 2 atom stereocenters. The molecule has 2 unspecified atom stereocenters. The molecule has 1 aliphatic rings. The Morgan fingerprint density at radius 2 is 2.04 bits per heavy atom. The fourth-order valence-electron chi connectivity index (χ4n) is 3.13. The topological polar surface area (TPSA) is 62.6 Å². The first-order chi connectivity index (χ1) is 11.0. The molecule has 1 aromatic rings. The van der Waals surface area contributed by atoms with E-state index < -0.39 is 0 Å². The summed E-state index contributed by atoms with van der Waals surface area (Å²) < 4.78 is 7.00. The maximum Gasteiger partial charge on any atom is 0.0900 e. The van der Waals surface area contributed by atoms with Crippen LogP contribution in [0.5, 0.6) is 0 Å².